The minimum absolute atomic E-state index is 0. The number of ketones is 2. The van der Waals surface area contributed by atoms with Crippen LogP contribution in [0.1, 0.15) is 178 Å². The van der Waals surface area contributed by atoms with Crippen LogP contribution >= 0.6 is 24.0 Å². The summed E-state index contributed by atoms with van der Waals surface area (Å²) in [5, 5.41) is 4.12. The number of hydrogen-bond acceptors (Lipinski definition) is 28. The average molecular weight is 1740 g/mol. The van der Waals surface area contributed by atoms with Gasteiger partial charge in [-0.15, -0.1) is 12.4 Å². The summed E-state index contributed by atoms with van der Waals surface area (Å²) >= 11 is 5.32. The van der Waals surface area contributed by atoms with Crippen LogP contribution in [-0.4, -0.2) is 283 Å². The molecular formula is C91H142Cl2N8O20. The van der Waals surface area contributed by atoms with E-state index in [1.807, 2.05) is 33.8 Å². The normalized spacial score (nSPS) is 43.8. The van der Waals surface area contributed by atoms with E-state index in [4.69, 9.17) is 97.4 Å². The molecular weight excluding hydrogens is 1600 g/mol. The van der Waals surface area contributed by atoms with Crippen LogP contribution in [0.3, 0.4) is 0 Å². The molecule has 28 nitrogen and oxygen atoms in total. The van der Waals surface area contributed by atoms with Crippen molar-refractivity contribution in [2.24, 2.45) is 71.0 Å². The lowest BCUT2D eigenvalue weighted by Gasteiger charge is -2.44. The van der Waals surface area contributed by atoms with E-state index in [0.29, 0.717) is 54.0 Å². The standard InChI is InChI=1S/C45H68N4O10.C41H66N2O10.C4H3ClN2.CH4.ClH/c1-10-26-13-11-14-34(59-36-16-15-33(48(5)6)24(3)55-36)23(2)40(51)32-21-29-28-19-27(58-44-43(54-9)42(53-8)41(52-7)25(4)56-44)20-31(28)38-39(37(29)30(32)22-35(50)57-26)49(38)45-46-17-12-18-47-45;1-10-23-12-11-13-31(53-33-15-14-30(43(5)6)21(3)49-33)20(2)37(45)29-18-26-25-16-24(52-41-40(48-9)39(47-8)38(46-7)22(4)50-41)17-28(25)35-36(42-35)34(26)27(29)19-32(44)51-23;5-4-6-2-1-3-7-4;;/h12,17-18,21,23-31,33-34,36-39,41-44H,10-11,13-16,19-20,22H2,1-9H3;18,20-28,30-31,33-36,38-42H,10-17,19H2,1-9H3;1-3H;1H4;1H/t23-,24?,25?,26+,27+,28+,29+,30-,31-,33+,34+,36+,37-,38+,39-,41+,42?,43+,44+,49?;20-,21?,22?,23+,24+,25+,26+,27-,28-,30+,31+,33+,34-,35+,36-,38+,39?,40+,41+;;;/m11.../s1. The van der Waals surface area contributed by atoms with Crippen molar-refractivity contribution in [3.8, 4) is 0 Å². The predicted molar refractivity (Wildman–Crippen MR) is 454 cm³/mol. The Morgan fingerprint density at radius 1 is 0.479 bits per heavy atom. The summed E-state index contributed by atoms with van der Waals surface area (Å²) in [6, 6.07) is 5.03. The highest BCUT2D eigenvalue weighted by Crippen LogP contribution is 2.65. The zero-order valence-electron chi connectivity index (χ0n) is 73.9. The molecule has 6 unspecified atom stereocenters. The molecule has 8 aliphatic heterocycles. The van der Waals surface area contributed by atoms with Gasteiger partial charge in [0.15, 0.2) is 36.7 Å². The lowest BCUT2D eigenvalue weighted by molar-refractivity contribution is -0.314. The van der Waals surface area contributed by atoms with Gasteiger partial charge in [0, 0.05) is 115 Å². The zero-order valence-corrected chi connectivity index (χ0v) is 75.4. The maximum Gasteiger partial charge on any atom is 0.306 e. The molecule has 0 radical (unpaired) electrons. The van der Waals surface area contributed by atoms with Crippen molar-refractivity contribution < 1.29 is 95.0 Å². The second-order valence-electron chi connectivity index (χ2n) is 36.9. The number of cyclic esters (lactones) is 2. The summed E-state index contributed by atoms with van der Waals surface area (Å²) in [7, 11) is 18.3. The quantitative estimate of drug-likeness (QED) is 0.0776. The van der Waals surface area contributed by atoms with Crippen LogP contribution in [0.2, 0.25) is 5.28 Å². The van der Waals surface area contributed by atoms with Crippen LogP contribution in [0, 0.1) is 71.0 Å². The molecule has 30 heteroatoms. The van der Waals surface area contributed by atoms with Gasteiger partial charge in [-0.1, -0.05) is 47.3 Å². The number of fused-ring (bicyclic) bond motifs is 16. The summed E-state index contributed by atoms with van der Waals surface area (Å²) in [4.78, 5) is 80.9. The fourth-order valence-electron chi connectivity index (χ4n) is 24.1. The molecule has 121 heavy (non-hydrogen) atoms. The molecule has 16 rings (SSSR count). The average Bonchev–Trinajstić information content (AvgIpc) is 1.52. The van der Waals surface area contributed by atoms with Crippen molar-refractivity contribution in [2.75, 3.05) is 75.7 Å². The molecule has 2 aromatic rings. The number of carbonyl (C=O) groups is 4. The second-order valence-corrected chi connectivity index (χ2v) is 37.2. The molecule has 14 aliphatic rings. The SMILES string of the molecule is C.CC[C@H]1CCC[C@H](O[C@H]2CC[C@H](N(C)C)C(C)O2)[C@@H](C)C(=O)C2=C[C@H]3[C@@H]4C[C@H](O[C@@H]5OC(C)[C@H](OC)C(OC)[C@@H]5OC)C[C@H]4[C@@H]4N[C@@H]4[C@H]3[C@@H]2CC(=O)O1.CC[C@H]1CCC[C@H](O[C@H]2CC[C@H](N(C)C)C(C)O2)[C@@H](C)C(=O)C2=C[C@H]3[C@@H]4C[C@H](O[C@@H]5OC(C)[C@H](OC)C(OC)[C@@H]5OC)C[C@H]4[C@H]4[C@@H]([C@H]3[C@@H]2CC(=O)O1)N4c1ncccn1.Cl.Clc1ncccn1. The number of rotatable bonds is 19. The lowest BCUT2D eigenvalue weighted by Crippen LogP contribution is -2.59. The van der Waals surface area contributed by atoms with Gasteiger partial charge < -0.3 is 95.8 Å². The Morgan fingerprint density at radius 3 is 1.31 bits per heavy atom. The van der Waals surface area contributed by atoms with Gasteiger partial charge in [-0.2, -0.15) is 0 Å². The number of nitrogens with zero attached hydrogens (tertiary/aromatic N) is 7. The van der Waals surface area contributed by atoms with Crippen LogP contribution in [0.15, 0.2) is 60.2 Å². The topological polar surface area (TPSA) is 299 Å². The third kappa shape index (κ3) is 20.5. The fraction of sp³-hybridized carbons (Fsp3) is 0.824. The fourth-order valence-corrected chi connectivity index (χ4v) is 24.2. The van der Waals surface area contributed by atoms with E-state index in [1.54, 1.807) is 73.5 Å². The molecule has 1 N–H and O–H groups in total. The Balaban J connectivity index is 0.000000202. The van der Waals surface area contributed by atoms with E-state index in [2.05, 4.69) is 98.0 Å². The predicted octanol–water partition coefficient (Wildman–Crippen LogP) is 11.4. The molecule has 0 amide bonds. The number of halogens is 2. The highest BCUT2D eigenvalue weighted by atomic mass is 35.5. The second kappa shape index (κ2) is 42.2. The number of allylic oxidation sites excluding steroid dienone is 4. The van der Waals surface area contributed by atoms with Gasteiger partial charge in [0.1, 0.15) is 48.8 Å². The third-order valence-corrected chi connectivity index (χ3v) is 30.1. The number of aromatic nitrogens is 4. The van der Waals surface area contributed by atoms with Gasteiger partial charge in [-0.05, 0) is 241 Å². The highest BCUT2D eigenvalue weighted by molar-refractivity contribution is 6.28. The molecule has 0 spiro atoms. The number of hydrogen-bond donors (Lipinski definition) is 1. The first kappa shape index (κ1) is 95.7. The number of esters is 2. The summed E-state index contributed by atoms with van der Waals surface area (Å²) < 4.78 is 100. The van der Waals surface area contributed by atoms with E-state index >= 15 is 4.79 Å². The van der Waals surface area contributed by atoms with Crippen LogP contribution in [0.25, 0.3) is 0 Å². The number of nitrogens with one attached hydrogen (secondary N) is 1. The van der Waals surface area contributed by atoms with Gasteiger partial charge in [0.2, 0.25) is 11.2 Å². The van der Waals surface area contributed by atoms with Crippen molar-refractivity contribution in [3.05, 3.63) is 65.5 Å². The maximum absolute atomic E-state index is 15.1. The first-order valence-corrected chi connectivity index (χ1v) is 45.1. The largest absolute Gasteiger partial charge is 0.462 e. The summed E-state index contributed by atoms with van der Waals surface area (Å²) in [5.41, 5.74) is 1.55. The van der Waals surface area contributed by atoms with E-state index in [0.717, 1.165) is 101 Å². The van der Waals surface area contributed by atoms with Crippen molar-refractivity contribution in [3.63, 3.8) is 0 Å². The van der Waals surface area contributed by atoms with Crippen molar-refractivity contribution >= 4 is 53.5 Å². The molecule has 8 saturated heterocycles. The first-order valence-electron chi connectivity index (χ1n) is 44.7. The number of likely N-dealkylation sites (N-methyl/N-ethyl adjacent to an activating group) is 2. The first-order chi connectivity index (χ1) is 57.3. The molecule has 0 aromatic carbocycles. The number of ether oxygens (including phenoxy) is 16. The number of methoxy groups -OCH3 is 6. The van der Waals surface area contributed by atoms with Crippen LogP contribution in [-0.2, 0) is 95.0 Å². The highest BCUT2D eigenvalue weighted by Gasteiger charge is 2.71. The molecule has 12 fully saturated rings. The third-order valence-electron chi connectivity index (χ3n) is 29.9. The van der Waals surface area contributed by atoms with E-state index < -0.39 is 30.7 Å². The van der Waals surface area contributed by atoms with Gasteiger partial charge in [0.25, 0.3) is 0 Å². The van der Waals surface area contributed by atoms with E-state index in [1.165, 1.54) is 0 Å². The Labute approximate surface area is 729 Å². The lowest BCUT2D eigenvalue weighted by atomic mass is 9.66. The summed E-state index contributed by atoms with van der Waals surface area (Å²) in [5.74, 6) is 0.762. The summed E-state index contributed by atoms with van der Waals surface area (Å²) in [6.45, 7) is 16.4. The van der Waals surface area contributed by atoms with Crippen molar-refractivity contribution in [1.29, 1.82) is 0 Å². The van der Waals surface area contributed by atoms with Gasteiger partial charge >= 0.3 is 11.9 Å². The van der Waals surface area contributed by atoms with Gasteiger partial charge in [0.05, 0.1) is 73.8 Å². The monoisotopic (exact) mass is 1740 g/mol. The van der Waals surface area contributed by atoms with Crippen LogP contribution in [0.4, 0.5) is 5.95 Å². The molecule has 4 saturated carbocycles. The Hall–Kier alpha value is -4.38. The van der Waals surface area contributed by atoms with Crippen LogP contribution in [0.5, 0.6) is 0 Å². The molecule has 0 bridgehead atoms. The molecule has 2 aromatic heterocycles. The van der Waals surface area contributed by atoms with E-state index in [-0.39, 0.29) is 226 Å². The van der Waals surface area contributed by atoms with Gasteiger partial charge in [-0.25, -0.2) is 19.9 Å². The molecule has 680 valence electrons. The number of carbonyl (C=O) groups excluding carboxylic acids is 4. The zero-order chi connectivity index (χ0) is 84.5. The Kier molecular flexibility index (Phi) is 33.4. The van der Waals surface area contributed by atoms with Crippen LogP contribution < -0.4 is 10.2 Å². The minimum atomic E-state index is -0.640. The molecule has 10 heterocycles. The van der Waals surface area contributed by atoms with E-state index in [9.17, 15) is 14.4 Å². The Bertz CT molecular complexity index is 3750. The minimum Gasteiger partial charge on any atom is -0.462 e. The van der Waals surface area contributed by atoms with Crippen molar-refractivity contribution in [1.82, 2.24) is 35.1 Å². The maximum atomic E-state index is 15.1. The summed E-state index contributed by atoms with van der Waals surface area (Å²) in [6.07, 6.45) is 18.9. The smallest absolute Gasteiger partial charge is 0.306 e. The number of Topliss-reactive ketones (excluding diaryl/α,β-unsaturated/α-hetero) is 2. The molecule has 38 atom stereocenters. The van der Waals surface area contributed by atoms with Crippen molar-refractivity contribution in [2.45, 2.75) is 337 Å². The molecule has 6 aliphatic carbocycles. The van der Waals surface area contributed by atoms with Gasteiger partial charge in [-0.3, -0.25) is 19.2 Å². The number of anilines is 1. The Morgan fingerprint density at radius 2 is 0.893 bits per heavy atom.